The average Bonchev–Trinajstić information content (AvgIpc) is 2.83. The van der Waals surface area contributed by atoms with E-state index < -0.39 is 5.97 Å². The van der Waals surface area contributed by atoms with Crippen LogP contribution in [0.25, 0.3) is 10.2 Å². The normalized spacial score (nSPS) is 10.7. The van der Waals surface area contributed by atoms with Crippen molar-refractivity contribution in [3.8, 4) is 10.9 Å². The molecule has 5 heteroatoms. The second-order valence-electron chi connectivity index (χ2n) is 4.31. The largest absolute Gasteiger partial charge is 0.478 e. The van der Waals surface area contributed by atoms with E-state index >= 15 is 0 Å². The van der Waals surface area contributed by atoms with Gasteiger partial charge in [0.15, 0.2) is 0 Å². The molecule has 0 saturated carbocycles. The van der Waals surface area contributed by atoms with Crippen molar-refractivity contribution in [2.75, 3.05) is 0 Å². The van der Waals surface area contributed by atoms with Crippen molar-refractivity contribution < 1.29 is 14.6 Å². The lowest BCUT2D eigenvalue weighted by Gasteiger charge is -2.08. The molecule has 0 atom stereocenters. The summed E-state index contributed by atoms with van der Waals surface area (Å²) in [6.45, 7) is 1.81. The third-order valence-electron chi connectivity index (χ3n) is 2.91. The number of ether oxygens (including phenoxy) is 1. The van der Waals surface area contributed by atoms with Gasteiger partial charge in [-0.3, -0.25) is 0 Å². The van der Waals surface area contributed by atoms with Crippen LogP contribution in [0.1, 0.15) is 15.9 Å². The van der Waals surface area contributed by atoms with Gasteiger partial charge in [-0.15, -0.1) is 0 Å². The minimum atomic E-state index is -1.01. The number of para-hydroxylation sites is 2. The molecule has 0 bridgehead atoms. The molecule has 0 radical (unpaired) electrons. The van der Waals surface area contributed by atoms with Gasteiger partial charge in [0.1, 0.15) is 11.3 Å². The summed E-state index contributed by atoms with van der Waals surface area (Å²) in [6, 6.07) is 12.7. The van der Waals surface area contributed by atoms with Crippen molar-refractivity contribution in [2.45, 2.75) is 6.92 Å². The number of nitrogens with zero attached hydrogens (tertiary/aromatic N) is 1. The monoisotopic (exact) mass is 285 g/mol. The third kappa shape index (κ3) is 2.23. The Balaban J connectivity index is 2.04. The van der Waals surface area contributed by atoms with Crippen molar-refractivity contribution in [3.63, 3.8) is 0 Å². The molecule has 1 heterocycles. The molecule has 0 aliphatic heterocycles. The molecule has 3 aromatic rings. The lowest BCUT2D eigenvalue weighted by atomic mass is 10.1. The van der Waals surface area contributed by atoms with Crippen molar-refractivity contribution in [2.24, 2.45) is 0 Å². The lowest BCUT2D eigenvalue weighted by Crippen LogP contribution is -2.01. The first-order valence-electron chi connectivity index (χ1n) is 6.01. The van der Waals surface area contributed by atoms with E-state index in [2.05, 4.69) is 4.98 Å². The molecule has 1 N–H and O–H groups in total. The van der Waals surface area contributed by atoms with Crippen molar-refractivity contribution in [3.05, 3.63) is 53.6 Å². The van der Waals surface area contributed by atoms with Gasteiger partial charge in [-0.2, -0.15) is 0 Å². The molecule has 100 valence electrons. The highest BCUT2D eigenvalue weighted by Gasteiger charge is 2.15. The smallest absolute Gasteiger partial charge is 0.339 e. The second kappa shape index (κ2) is 4.94. The SMILES string of the molecule is Cc1cccc(C(=O)O)c1Oc1nc2ccccc2s1. The van der Waals surface area contributed by atoms with Gasteiger partial charge >= 0.3 is 5.97 Å². The average molecular weight is 285 g/mol. The minimum absolute atomic E-state index is 0.143. The fourth-order valence-electron chi connectivity index (χ4n) is 1.94. The molecule has 3 rings (SSSR count). The first-order valence-corrected chi connectivity index (χ1v) is 6.83. The quantitative estimate of drug-likeness (QED) is 0.787. The first-order chi connectivity index (χ1) is 9.65. The van der Waals surface area contributed by atoms with E-state index in [1.54, 1.807) is 6.07 Å². The Hall–Kier alpha value is -2.40. The summed E-state index contributed by atoms with van der Waals surface area (Å²) in [5.74, 6) is -0.663. The third-order valence-corrected chi connectivity index (χ3v) is 3.82. The maximum Gasteiger partial charge on any atom is 0.339 e. The fraction of sp³-hybridized carbons (Fsp3) is 0.0667. The van der Waals surface area contributed by atoms with E-state index in [1.807, 2.05) is 37.3 Å². The molecule has 0 unspecified atom stereocenters. The lowest BCUT2D eigenvalue weighted by molar-refractivity contribution is 0.0694. The molecule has 2 aromatic carbocycles. The van der Waals surface area contributed by atoms with Crippen LogP contribution in [0.5, 0.6) is 10.9 Å². The first kappa shape index (κ1) is 12.6. The maximum atomic E-state index is 11.2. The van der Waals surface area contributed by atoms with Gasteiger partial charge < -0.3 is 9.84 Å². The molecule has 4 nitrogen and oxygen atoms in total. The number of carboxylic acid groups (broad SMARTS) is 1. The molecule has 0 spiro atoms. The Bertz CT molecular complexity index is 762. The zero-order chi connectivity index (χ0) is 14.1. The van der Waals surface area contributed by atoms with Gasteiger partial charge in [0.05, 0.1) is 10.2 Å². The van der Waals surface area contributed by atoms with E-state index in [9.17, 15) is 9.90 Å². The summed E-state index contributed by atoms with van der Waals surface area (Å²) < 4.78 is 6.72. The number of rotatable bonds is 3. The highest BCUT2D eigenvalue weighted by atomic mass is 32.1. The summed E-state index contributed by atoms with van der Waals surface area (Å²) >= 11 is 1.39. The van der Waals surface area contributed by atoms with Crippen LogP contribution in [-0.4, -0.2) is 16.1 Å². The van der Waals surface area contributed by atoms with Crippen LogP contribution in [0.15, 0.2) is 42.5 Å². The second-order valence-corrected chi connectivity index (χ2v) is 5.30. The number of aromatic nitrogens is 1. The Morgan fingerprint density at radius 2 is 2.00 bits per heavy atom. The van der Waals surface area contributed by atoms with Gasteiger partial charge in [-0.1, -0.05) is 35.6 Å². The van der Waals surface area contributed by atoms with Crippen LogP contribution in [0, 0.1) is 6.92 Å². The van der Waals surface area contributed by atoms with Gasteiger partial charge in [0.25, 0.3) is 5.19 Å². The van der Waals surface area contributed by atoms with Crippen LogP contribution in [-0.2, 0) is 0 Å². The van der Waals surface area contributed by atoms with Crippen LogP contribution in [0.3, 0.4) is 0 Å². The van der Waals surface area contributed by atoms with E-state index in [-0.39, 0.29) is 5.56 Å². The number of fused-ring (bicyclic) bond motifs is 1. The van der Waals surface area contributed by atoms with Crippen LogP contribution < -0.4 is 4.74 Å². The molecule has 0 amide bonds. The highest BCUT2D eigenvalue weighted by molar-refractivity contribution is 7.20. The molecule has 0 aliphatic carbocycles. The Morgan fingerprint density at radius 1 is 1.20 bits per heavy atom. The fourth-order valence-corrected chi connectivity index (χ4v) is 2.76. The van der Waals surface area contributed by atoms with Gasteiger partial charge in [-0.05, 0) is 30.7 Å². The zero-order valence-electron chi connectivity index (χ0n) is 10.7. The molecule has 0 saturated heterocycles. The van der Waals surface area contributed by atoms with E-state index in [1.165, 1.54) is 17.4 Å². The van der Waals surface area contributed by atoms with Gasteiger partial charge in [-0.25, -0.2) is 9.78 Å². The van der Waals surface area contributed by atoms with Crippen molar-refractivity contribution in [1.29, 1.82) is 0 Å². The molecular formula is C15H11NO3S. The number of aromatic carboxylic acids is 1. The topological polar surface area (TPSA) is 59.4 Å². The van der Waals surface area contributed by atoms with Gasteiger partial charge in [0, 0.05) is 0 Å². The maximum absolute atomic E-state index is 11.2. The summed E-state index contributed by atoms with van der Waals surface area (Å²) in [6.07, 6.45) is 0. The van der Waals surface area contributed by atoms with Crippen LogP contribution in [0.4, 0.5) is 0 Å². The van der Waals surface area contributed by atoms with Gasteiger partial charge in [0.2, 0.25) is 0 Å². The van der Waals surface area contributed by atoms with Crippen LogP contribution in [0.2, 0.25) is 0 Å². The summed E-state index contributed by atoms with van der Waals surface area (Å²) in [5, 5.41) is 9.66. The van der Waals surface area contributed by atoms with E-state index in [0.29, 0.717) is 10.9 Å². The van der Waals surface area contributed by atoms with Crippen molar-refractivity contribution in [1.82, 2.24) is 4.98 Å². The molecular weight excluding hydrogens is 274 g/mol. The predicted molar refractivity (Wildman–Crippen MR) is 77.8 cm³/mol. The number of hydrogen-bond donors (Lipinski definition) is 1. The summed E-state index contributed by atoms with van der Waals surface area (Å²) in [4.78, 5) is 15.6. The molecule has 1 aromatic heterocycles. The number of carbonyl (C=O) groups is 1. The minimum Gasteiger partial charge on any atom is -0.478 e. The molecule has 0 aliphatic rings. The summed E-state index contributed by atoms with van der Waals surface area (Å²) in [7, 11) is 0. The Kier molecular flexibility index (Phi) is 3.12. The van der Waals surface area contributed by atoms with Crippen molar-refractivity contribution >= 4 is 27.5 Å². The number of thiazole rings is 1. The number of carboxylic acids is 1. The highest BCUT2D eigenvalue weighted by Crippen LogP contribution is 2.34. The predicted octanol–water partition coefficient (Wildman–Crippen LogP) is 4.10. The Labute approximate surface area is 119 Å². The standard InChI is InChI=1S/C15H11NO3S/c1-9-5-4-6-10(14(17)18)13(9)19-15-16-11-7-2-3-8-12(11)20-15/h2-8H,1H3,(H,17,18). The summed E-state index contributed by atoms with van der Waals surface area (Å²) in [5.41, 5.74) is 1.76. The number of aryl methyl sites for hydroxylation is 1. The van der Waals surface area contributed by atoms with E-state index in [4.69, 9.17) is 4.74 Å². The number of hydrogen-bond acceptors (Lipinski definition) is 4. The number of benzene rings is 2. The molecule has 0 fully saturated rings. The van der Waals surface area contributed by atoms with Crippen LogP contribution >= 0.6 is 11.3 Å². The Morgan fingerprint density at radius 3 is 2.75 bits per heavy atom. The molecule has 20 heavy (non-hydrogen) atoms. The van der Waals surface area contributed by atoms with E-state index in [0.717, 1.165) is 15.8 Å². The zero-order valence-corrected chi connectivity index (χ0v) is 11.5.